The Bertz CT molecular complexity index is 791. The van der Waals surface area contributed by atoms with Crippen molar-refractivity contribution in [3.63, 3.8) is 0 Å². The molecule has 0 amide bonds. The van der Waals surface area contributed by atoms with E-state index >= 15 is 0 Å². The van der Waals surface area contributed by atoms with Crippen molar-refractivity contribution in [2.75, 3.05) is 6.61 Å². The molecule has 3 heterocycles. The van der Waals surface area contributed by atoms with E-state index in [4.69, 9.17) is 4.74 Å². The Kier molecular flexibility index (Phi) is 3.39. The summed E-state index contributed by atoms with van der Waals surface area (Å²) >= 11 is 0. The van der Waals surface area contributed by atoms with E-state index in [0.717, 1.165) is 11.2 Å². The minimum Gasteiger partial charge on any atom is -0.462 e. The molecule has 21 heavy (non-hydrogen) atoms. The maximum Gasteiger partial charge on any atom is 0.340 e. The molecule has 3 aromatic rings. The first-order valence-corrected chi connectivity index (χ1v) is 6.78. The predicted octanol–water partition coefficient (Wildman–Crippen LogP) is 2.88. The summed E-state index contributed by atoms with van der Waals surface area (Å²) in [6.07, 6.45) is 1.90. The Morgan fingerprint density at radius 2 is 2.10 bits per heavy atom. The van der Waals surface area contributed by atoms with Gasteiger partial charge in [0.1, 0.15) is 5.69 Å². The minimum absolute atomic E-state index is 0.337. The molecule has 0 saturated carbocycles. The fourth-order valence-electron chi connectivity index (χ4n) is 2.27. The van der Waals surface area contributed by atoms with Crippen LogP contribution in [0.1, 0.15) is 23.0 Å². The van der Waals surface area contributed by atoms with Gasteiger partial charge in [-0.15, -0.1) is 5.10 Å². The molecule has 3 rings (SSSR count). The van der Waals surface area contributed by atoms with Crippen LogP contribution in [-0.4, -0.2) is 27.2 Å². The summed E-state index contributed by atoms with van der Waals surface area (Å²) in [6, 6.07) is 11.3. The van der Waals surface area contributed by atoms with Crippen molar-refractivity contribution >= 4 is 11.5 Å². The third kappa shape index (κ3) is 2.38. The van der Waals surface area contributed by atoms with Crippen molar-refractivity contribution in [2.45, 2.75) is 13.8 Å². The highest BCUT2D eigenvalue weighted by atomic mass is 16.5. The number of rotatable bonds is 3. The van der Waals surface area contributed by atoms with Crippen LogP contribution < -0.4 is 0 Å². The Morgan fingerprint density at radius 1 is 1.24 bits per heavy atom. The normalized spacial score (nSPS) is 10.8. The number of esters is 1. The van der Waals surface area contributed by atoms with Gasteiger partial charge in [0.2, 0.25) is 0 Å². The number of aromatic nitrogens is 3. The molecule has 0 N–H and O–H groups in total. The van der Waals surface area contributed by atoms with Crippen LogP contribution in [0.3, 0.4) is 0 Å². The monoisotopic (exact) mass is 281 g/mol. The number of ether oxygens (including phenoxy) is 1. The molecule has 0 bridgehead atoms. The van der Waals surface area contributed by atoms with E-state index in [2.05, 4.69) is 10.2 Å². The summed E-state index contributed by atoms with van der Waals surface area (Å²) < 4.78 is 7.07. The number of hydrogen-bond donors (Lipinski definition) is 0. The Labute approximate surface area is 122 Å². The number of nitrogens with zero attached hydrogens (tertiary/aromatic N) is 3. The van der Waals surface area contributed by atoms with Gasteiger partial charge in [0, 0.05) is 11.7 Å². The molecule has 0 aromatic carbocycles. The summed E-state index contributed by atoms with van der Waals surface area (Å²) in [5, 5.41) is 8.27. The molecule has 0 radical (unpaired) electrons. The van der Waals surface area contributed by atoms with Gasteiger partial charge in [-0.25, -0.2) is 4.79 Å². The van der Waals surface area contributed by atoms with Crippen LogP contribution in [0.15, 0.2) is 42.6 Å². The predicted molar refractivity (Wildman–Crippen MR) is 79.1 cm³/mol. The van der Waals surface area contributed by atoms with Crippen molar-refractivity contribution in [1.82, 2.24) is 14.6 Å². The zero-order chi connectivity index (χ0) is 14.8. The van der Waals surface area contributed by atoms with Crippen LogP contribution in [0.2, 0.25) is 0 Å². The molecule has 0 aliphatic carbocycles. The lowest BCUT2D eigenvalue weighted by Crippen LogP contribution is -2.06. The van der Waals surface area contributed by atoms with E-state index in [0.29, 0.717) is 23.6 Å². The topological polar surface area (TPSA) is 56.5 Å². The summed E-state index contributed by atoms with van der Waals surface area (Å²) in [6.45, 7) is 4.00. The molecule has 0 spiro atoms. The van der Waals surface area contributed by atoms with E-state index in [-0.39, 0.29) is 5.97 Å². The van der Waals surface area contributed by atoms with Crippen LogP contribution >= 0.6 is 0 Å². The van der Waals surface area contributed by atoms with Crippen LogP contribution in [0.25, 0.3) is 16.9 Å². The number of fused-ring (bicyclic) bond motifs is 1. The summed E-state index contributed by atoms with van der Waals surface area (Å²) in [5.41, 5.74) is 3.60. The molecule has 0 aliphatic heterocycles. The SMILES string of the molecule is CCOC(=O)c1cc2ccccn2c1-c1ccc(C)nn1. The van der Waals surface area contributed by atoms with Crippen molar-refractivity contribution < 1.29 is 9.53 Å². The Balaban J connectivity index is 2.24. The lowest BCUT2D eigenvalue weighted by atomic mass is 10.2. The quantitative estimate of drug-likeness (QED) is 0.693. The molecule has 0 fully saturated rings. The largest absolute Gasteiger partial charge is 0.462 e. The van der Waals surface area contributed by atoms with Crippen LogP contribution in [0.5, 0.6) is 0 Å². The van der Waals surface area contributed by atoms with Crippen molar-refractivity contribution in [2.24, 2.45) is 0 Å². The van der Waals surface area contributed by atoms with Gasteiger partial charge in [0.05, 0.1) is 23.6 Å². The highest BCUT2D eigenvalue weighted by Gasteiger charge is 2.20. The number of aryl methyl sites for hydroxylation is 1. The highest BCUT2D eigenvalue weighted by molar-refractivity contribution is 5.98. The molecule has 5 nitrogen and oxygen atoms in total. The smallest absolute Gasteiger partial charge is 0.340 e. The number of carbonyl (C=O) groups is 1. The summed E-state index contributed by atoms with van der Waals surface area (Å²) in [4.78, 5) is 12.2. The Hall–Kier alpha value is -2.69. The molecular formula is C16H15N3O2. The second kappa shape index (κ2) is 5.36. The molecule has 5 heteroatoms. The van der Waals surface area contributed by atoms with Gasteiger partial charge in [-0.3, -0.25) is 0 Å². The van der Waals surface area contributed by atoms with Gasteiger partial charge in [-0.2, -0.15) is 5.10 Å². The molecule has 0 aliphatic rings. The van der Waals surface area contributed by atoms with E-state index in [1.54, 1.807) is 6.92 Å². The van der Waals surface area contributed by atoms with Gasteiger partial charge in [-0.1, -0.05) is 6.07 Å². The van der Waals surface area contributed by atoms with Crippen molar-refractivity contribution in [3.8, 4) is 11.4 Å². The summed E-state index contributed by atoms with van der Waals surface area (Å²) in [5.74, 6) is -0.349. The summed E-state index contributed by atoms with van der Waals surface area (Å²) in [7, 11) is 0. The maximum atomic E-state index is 12.2. The van der Waals surface area contributed by atoms with Crippen LogP contribution in [0, 0.1) is 6.92 Å². The molecule has 0 unspecified atom stereocenters. The second-order valence-corrected chi connectivity index (χ2v) is 4.68. The molecule has 0 saturated heterocycles. The van der Waals surface area contributed by atoms with Gasteiger partial charge in [0.25, 0.3) is 0 Å². The van der Waals surface area contributed by atoms with Crippen LogP contribution in [-0.2, 0) is 4.74 Å². The van der Waals surface area contributed by atoms with Crippen molar-refractivity contribution in [1.29, 1.82) is 0 Å². The Morgan fingerprint density at radius 3 is 2.81 bits per heavy atom. The zero-order valence-electron chi connectivity index (χ0n) is 11.9. The molecular weight excluding hydrogens is 266 g/mol. The molecule has 106 valence electrons. The number of hydrogen-bond acceptors (Lipinski definition) is 4. The van der Waals surface area contributed by atoms with Crippen LogP contribution in [0.4, 0.5) is 0 Å². The lowest BCUT2D eigenvalue weighted by molar-refractivity contribution is 0.0527. The first kappa shape index (κ1) is 13.3. The van der Waals surface area contributed by atoms with E-state index in [9.17, 15) is 4.79 Å². The first-order chi connectivity index (χ1) is 10.2. The van der Waals surface area contributed by atoms with Gasteiger partial charge >= 0.3 is 5.97 Å². The third-order valence-electron chi connectivity index (χ3n) is 3.22. The molecule has 0 atom stereocenters. The maximum absolute atomic E-state index is 12.2. The average molecular weight is 281 g/mol. The highest BCUT2D eigenvalue weighted by Crippen LogP contribution is 2.26. The van der Waals surface area contributed by atoms with E-state index < -0.39 is 0 Å². The van der Waals surface area contributed by atoms with E-state index in [1.165, 1.54) is 0 Å². The zero-order valence-corrected chi connectivity index (χ0v) is 11.9. The number of carbonyl (C=O) groups excluding carboxylic acids is 1. The van der Waals surface area contributed by atoms with Gasteiger partial charge in [0.15, 0.2) is 0 Å². The standard InChI is InChI=1S/C16H15N3O2/c1-3-21-16(20)13-10-12-6-4-5-9-19(12)15(13)14-8-7-11(2)17-18-14/h4-10H,3H2,1-2H3. The van der Waals surface area contributed by atoms with Gasteiger partial charge in [-0.05, 0) is 44.2 Å². The fourth-order valence-corrected chi connectivity index (χ4v) is 2.27. The number of pyridine rings is 1. The minimum atomic E-state index is -0.349. The average Bonchev–Trinajstić information content (AvgIpc) is 2.88. The van der Waals surface area contributed by atoms with Gasteiger partial charge < -0.3 is 9.14 Å². The lowest BCUT2D eigenvalue weighted by Gasteiger charge is -2.05. The fraction of sp³-hybridized carbons (Fsp3) is 0.188. The van der Waals surface area contributed by atoms with E-state index in [1.807, 2.05) is 53.9 Å². The molecule has 3 aromatic heterocycles. The second-order valence-electron chi connectivity index (χ2n) is 4.68. The third-order valence-corrected chi connectivity index (χ3v) is 3.22. The van der Waals surface area contributed by atoms with Crippen molar-refractivity contribution in [3.05, 3.63) is 53.9 Å². The first-order valence-electron chi connectivity index (χ1n) is 6.78.